The normalized spacial score (nSPS) is 19.1. The van der Waals surface area contributed by atoms with E-state index in [0.29, 0.717) is 42.5 Å². The number of hydrogen-bond acceptors (Lipinski definition) is 6. The van der Waals surface area contributed by atoms with Gasteiger partial charge in [0.2, 0.25) is 5.90 Å². The molecule has 1 heterocycles. The lowest BCUT2D eigenvalue weighted by atomic mass is 9.85. The highest BCUT2D eigenvalue weighted by molar-refractivity contribution is 6.01. The molecule has 192 valence electrons. The molecule has 0 radical (unpaired) electrons. The van der Waals surface area contributed by atoms with Crippen LogP contribution in [-0.4, -0.2) is 48.3 Å². The molecule has 3 rings (SSSR count). The molecule has 2 atom stereocenters. The Bertz CT molecular complexity index is 1120. The molecular formula is C27H35N5O4. The number of nitrogens with one attached hydrogen (secondary N) is 1. The second-order valence-corrected chi connectivity index (χ2v) is 10.1. The van der Waals surface area contributed by atoms with Crippen LogP contribution in [0.1, 0.15) is 51.7 Å². The average Bonchev–Trinajstić information content (AvgIpc) is 3.17. The summed E-state index contributed by atoms with van der Waals surface area (Å²) in [5.74, 6) is 0.818. The maximum Gasteiger partial charge on any atom is 0.252 e. The van der Waals surface area contributed by atoms with Crippen LogP contribution in [0.15, 0.2) is 58.6 Å². The Labute approximate surface area is 212 Å². The van der Waals surface area contributed by atoms with Gasteiger partial charge in [-0.1, -0.05) is 50.2 Å². The fraction of sp³-hybridized carbons (Fsp3) is 0.481. The Kier molecular flexibility index (Phi) is 8.96. The van der Waals surface area contributed by atoms with Crippen molar-refractivity contribution < 1.29 is 19.4 Å². The van der Waals surface area contributed by atoms with E-state index in [4.69, 9.17) is 25.1 Å². The highest BCUT2D eigenvalue weighted by atomic mass is 16.5. The fourth-order valence-electron chi connectivity index (χ4n) is 3.94. The predicted molar refractivity (Wildman–Crippen MR) is 139 cm³/mol. The summed E-state index contributed by atoms with van der Waals surface area (Å²) in [6.07, 6.45) is 1.03. The average molecular weight is 494 g/mol. The van der Waals surface area contributed by atoms with E-state index in [2.05, 4.69) is 36.1 Å². The van der Waals surface area contributed by atoms with Gasteiger partial charge in [0.1, 0.15) is 11.9 Å². The van der Waals surface area contributed by atoms with Gasteiger partial charge in [0, 0.05) is 42.2 Å². The number of aliphatic hydroxyl groups is 1. The zero-order valence-corrected chi connectivity index (χ0v) is 21.4. The monoisotopic (exact) mass is 493 g/mol. The van der Waals surface area contributed by atoms with E-state index in [-0.39, 0.29) is 24.3 Å². The van der Waals surface area contributed by atoms with Crippen LogP contribution in [-0.2, 0) is 16.0 Å². The minimum Gasteiger partial charge on any atom is -0.494 e. The standard InChI is InChI=1S/C27H35N5O4/c1-19-27(25(34)29-15-14-26(2,3)4,18-21-8-5-6-9-23(21)31-32-28)30-24(36-19)20-10-12-22(13-11-20)35-17-7-16-33/h5-6,8-13,19,33H,7,14-18H2,1-4H3,(H,29,34)/t19-,27-/m1/s1. The molecule has 36 heavy (non-hydrogen) atoms. The molecular weight excluding hydrogens is 458 g/mol. The molecule has 2 aromatic rings. The largest absolute Gasteiger partial charge is 0.494 e. The maximum absolute atomic E-state index is 13.7. The van der Waals surface area contributed by atoms with Crippen molar-refractivity contribution in [3.05, 3.63) is 70.1 Å². The molecule has 0 fully saturated rings. The minimum atomic E-state index is -1.23. The van der Waals surface area contributed by atoms with Crippen molar-refractivity contribution >= 4 is 17.5 Å². The van der Waals surface area contributed by atoms with Gasteiger partial charge in [0.15, 0.2) is 5.54 Å². The summed E-state index contributed by atoms with van der Waals surface area (Å²) >= 11 is 0. The number of nitrogens with zero attached hydrogens (tertiary/aromatic N) is 4. The molecule has 0 saturated heterocycles. The highest BCUT2D eigenvalue weighted by Gasteiger charge is 2.50. The second-order valence-electron chi connectivity index (χ2n) is 10.1. The third kappa shape index (κ3) is 6.77. The number of carbonyl (C=O) groups is 1. The van der Waals surface area contributed by atoms with Crippen LogP contribution in [0.3, 0.4) is 0 Å². The Hall–Kier alpha value is -3.55. The van der Waals surface area contributed by atoms with Crippen molar-refractivity contribution in [1.82, 2.24) is 5.32 Å². The Morgan fingerprint density at radius 2 is 1.97 bits per heavy atom. The Balaban J connectivity index is 1.93. The van der Waals surface area contributed by atoms with Crippen molar-refractivity contribution in [2.75, 3.05) is 19.8 Å². The van der Waals surface area contributed by atoms with Crippen LogP contribution in [0.5, 0.6) is 5.75 Å². The van der Waals surface area contributed by atoms with Crippen LogP contribution in [0.2, 0.25) is 0 Å². The molecule has 1 amide bonds. The van der Waals surface area contributed by atoms with Gasteiger partial charge in [-0.15, -0.1) is 0 Å². The maximum atomic E-state index is 13.7. The summed E-state index contributed by atoms with van der Waals surface area (Å²) in [6, 6.07) is 14.5. The SMILES string of the molecule is C[C@H]1OC(c2ccc(OCCCO)cc2)=N[C@@]1(Cc1ccccc1N=[N+]=[N-])C(=O)NCCC(C)(C)C. The van der Waals surface area contributed by atoms with E-state index in [1.54, 1.807) is 12.1 Å². The molecule has 2 aromatic carbocycles. The molecule has 0 saturated carbocycles. The van der Waals surface area contributed by atoms with Gasteiger partial charge in [0.25, 0.3) is 5.91 Å². The lowest BCUT2D eigenvalue weighted by Crippen LogP contribution is -2.53. The summed E-state index contributed by atoms with van der Waals surface area (Å²) in [6.45, 7) is 9.22. The van der Waals surface area contributed by atoms with Crippen LogP contribution in [0.4, 0.5) is 5.69 Å². The zero-order chi connectivity index (χ0) is 26.2. The quantitative estimate of drug-likeness (QED) is 0.195. The van der Waals surface area contributed by atoms with Gasteiger partial charge < -0.3 is 19.9 Å². The van der Waals surface area contributed by atoms with Gasteiger partial charge in [-0.05, 0) is 54.1 Å². The van der Waals surface area contributed by atoms with Crippen LogP contribution in [0, 0.1) is 5.41 Å². The first-order valence-corrected chi connectivity index (χ1v) is 12.2. The van der Waals surface area contributed by atoms with E-state index >= 15 is 0 Å². The topological polar surface area (TPSA) is 129 Å². The highest BCUT2D eigenvalue weighted by Crippen LogP contribution is 2.35. The molecule has 0 unspecified atom stereocenters. The smallest absolute Gasteiger partial charge is 0.252 e. The summed E-state index contributed by atoms with van der Waals surface area (Å²) in [4.78, 5) is 21.5. The first-order chi connectivity index (χ1) is 17.2. The van der Waals surface area contributed by atoms with Crippen molar-refractivity contribution in [2.24, 2.45) is 15.5 Å². The van der Waals surface area contributed by atoms with Crippen LogP contribution < -0.4 is 10.1 Å². The van der Waals surface area contributed by atoms with Gasteiger partial charge in [-0.3, -0.25) is 4.79 Å². The van der Waals surface area contributed by atoms with E-state index < -0.39 is 11.6 Å². The molecule has 0 aliphatic carbocycles. The van der Waals surface area contributed by atoms with E-state index in [1.165, 1.54) is 0 Å². The van der Waals surface area contributed by atoms with Gasteiger partial charge in [-0.25, -0.2) is 4.99 Å². The molecule has 0 spiro atoms. The molecule has 0 aromatic heterocycles. The first-order valence-electron chi connectivity index (χ1n) is 12.2. The van der Waals surface area contributed by atoms with E-state index in [0.717, 1.165) is 12.0 Å². The molecule has 1 aliphatic rings. The second kappa shape index (κ2) is 11.9. The summed E-state index contributed by atoms with van der Waals surface area (Å²) in [5, 5.41) is 15.8. The third-order valence-corrected chi connectivity index (χ3v) is 6.09. The number of rotatable bonds is 11. The van der Waals surface area contributed by atoms with Crippen LogP contribution >= 0.6 is 0 Å². The van der Waals surface area contributed by atoms with Crippen molar-refractivity contribution in [2.45, 2.75) is 58.6 Å². The molecule has 9 heteroatoms. The Morgan fingerprint density at radius 1 is 1.25 bits per heavy atom. The number of benzene rings is 2. The fourth-order valence-corrected chi connectivity index (χ4v) is 3.94. The van der Waals surface area contributed by atoms with Crippen molar-refractivity contribution in [1.29, 1.82) is 0 Å². The number of hydrogen-bond donors (Lipinski definition) is 2. The minimum absolute atomic E-state index is 0.0712. The van der Waals surface area contributed by atoms with Gasteiger partial charge in [-0.2, -0.15) is 0 Å². The summed E-state index contributed by atoms with van der Waals surface area (Å²) in [5.41, 5.74) is 9.75. The number of azide groups is 1. The lowest BCUT2D eigenvalue weighted by molar-refractivity contribution is -0.128. The van der Waals surface area contributed by atoms with E-state index in [1.807, 2.05) is 43.3 Å². The summed E-state index contributed by atoms with van der Waals surface area (Å²) in [7, 11) is 0. The first kappa shape index (κ1) is 27.0. The predicted octanol–water partition coefficient (Wildman–Crippen LogP) is 5.09. The number of amides is 1. The molecule has 2 N–H and O–H groups in total. The lowest BCUT2D eigenvalue weighted by Gasteiger charge is -2.29. The number of ether oxygens (including phenoxy) is 2. The van der Waals surface area contributed by atoms with Gasteiger partial charge in [0.05, 0.1) is 6.61 Å². The molecule has 9 nitrogen and oxygen atoms in total. The Morgan fingerprint density at radius 3 is 2.64 bits per heavy atom. The number of aliphatic hydroxyl groups excluding tert-OH is 1. The van der Waals surface area contributed by atoms with Crippen molar-refractivity contribution in [3.8, 4) is 5.75 Å². The van der Waals surface area contributed by atoms with Crippen molar-refractivity contribution in [3.63, 3.8) is 0 Å². The van der Waals surface area contributed by atoms with E-state index in [9.17, 15) is 4.79 Å². The molecule has 1 aliphatic heterocycles. The summed E-state index contributed by atoms with van der Waals surface area (Å²) < 4.78 is 11.8. The van der Waals surface area contributed by atoms with Crippen LogP contribution in [0.25, 0.3) is 10.4 Å². The zero-order valence-electron chi connectivity index (χ0n) is 21.4. The third-order valence-electron chi connectivity index (χ3n) is 6.09. The van der Waals surface area contributed by atoms with Gasteiger partial charge >= 0.3 is 0 Å². The number of aliphatic imine (C=N–C) groups is 1. The number of carbonyl (C=O) groups excluding carboxylic acids is 1. The molecule has 0 bridgehead atoms.